The van der Waals surface area contributed by atoms with Crippen molar-refractivity contribution in [2.75, 3.05) is 26.8 Å². The van der Waals surface area contributed by atoms with Crippen LogP contribution in [0, 0.1) is 0 Å². The van der Waals surface area contributed by atoms with Gasteiger partial charge < -0.3 is 10.1 Å². The minimum atomic E-state index is -1.10. The predicted molar refractivity (Wildman–Crippen MR) is 37.8 cm³/mol. The maximum absolute atomic E-state index is 13.4. The number of hydrogen-bond donors (Lipinski definition) is 1. The summed E-state index contributed by atoms with van der Waals surface area (Å²) in [4.78, 5) is 0. The van der Waals surface area contributed by atoms with E-state index >= 15 is 0 Å². The van der Waals surface area contributed by atoms with Crippen molar-refractivity contribution in [3.63, 3.8) is 0 Å². The minimum absolute atomic E-state index is 0.258. The molecule has 0 aliphatic carbocycles. The number of halogens is 1. The second-order valence-corrected chi connectivity index (χ2v) is 2.84. The van der Waals surface area contributed by atoms with E-state index in [1.165, 1.54) is 0 Å². The Balaban J connectivity index is 2.32. The Morgan fingerprint density at radius 1 is 1.70 bits per heavy atom. The van der Waals surface area contributed by atoms with Gasteiger partial charge in [-0.3, -0.25) is 0 Å². The number of rotatable bonds is 2. The van der Waals surface area contributed by atoms with Crippen LogP contribution in [0.15, 0.2) is 0 Å². The van der Waals surface area contributed by atoms with Gasteiger partial charge in [0.2, 0.25) is 0 Å². The molecule has 3 heteroatoms. The van der Waals surface area contributed by atoms with Crippen LogP contribution < -0.4 is 5.32 Å². The fourth-order valence-electron chi connectivity index (χ4n) is 1.27. The summed E-state index contributed by atoms with van der Waals surface area (Å²) in [5.41, 5.74) is -1.10. The molecule has 2 nitrogen and oxygen atoms in total. The SMILES string of the molecule is CNCC1(F)CCCOC1. The third-order valence-electron chi connectivity index (χ3n) is 1.77. The van der Waals surface area contributed by atoms with E-state index in [1.54, 1.807) is 7.05 Å². The first-order valence-corrected chi connectivity index (χ1v) is 3.68. The van der Waals surface area contributed by atoms with Gasteiger partial charge in [-0.25, -0.2) is 4.39 Å². The molecule has 0 bridgehead atoms. The Kier molecular flexibility index (Phi) is 2.63. The molecular formula is C7H14FNO. The molecule has 1 atom stereocenters. The first-order chi connectivity index (χ1) is 4.77. The minimum Gasteiger partial charge on any atom is -0.378 e. The van der Waals surface area contributed by atoms with Gasteiger partial charge in [0.15, 0.2) is 0 Å². The molecule has 1 rings (SSSR count). The molecule has 1 aliphatic heterocycles. The summed E-state index contributed by atoms with van der Waals surface area (Å²) in [6.45, 7) is 1.39. The molecule has 1 aliphatic rings. The third kappa shape index (κ3) is 1.92. The topological polar surface area (TPSA) is 21.3 Å². The zero-order chi connectivity index (χ0) is 7.45. The molecule has 1 saturated heterocycles. The fourth-order valence-corrected chi connectivity index (χ4v) is 1.27. The van der Waals surface area contributed by atoms with E-state index < -0.39 is 5.67 Å². The maximum atomic E-state index is 13.4. The molecule has 0 saturated carbocycles. The van der Waals surface area contributed by atoms with E-state index in [-0.39, 0.29) is 6.61 Å². The van der Waals surface area contributed by atoms with Crippen molar-refractivity contribution in [3.05, 3.63) is 0 Å². The summed E-state index contributed by atoms with van der Waals surface area (Å²) in [5.74, 6) is 0. The van der Waals surface area contributed by atoms with Crippen LogP contribution in [0.1, 0.15) is 12.8 Å². The first kappa shape index (κ1) is 7.95. The van der Waals surface area contributed by atoms with E-state index in [0.29, 0.717) is 13.0 Å². The second kappa shape index (κ2) is 3.30. The molecule has 0 amide bonds. The van der Waals surface area contributed by atoms with Crippen LogP contribution in [-0.4, -0.2) is 32.5 Å². The van der Waals surface area contributed by atoms with Gasteiger partial charge in [-0.2, -0.15) is 0 Å². The highest BCUT2D eigenvalue weighted by Crippen LogP contribution is 2.22. The summed E-state index contributed by atoms with van der Waals surface area (Å²) in [6, 6.07) is 0. The van der Waals surface area contributed by atoms with Gasteiger partial charge in [-0.1, -0.05) is 0 Å². The van der Waals surface area contributed by atoms with Gasteiger partial charge in [0.05, 0.1) is 6.61 Å². The standard InChI is InChI=1S/C7H14FNO/c1-9-5-7(8)3-2-4-10-6-7/h9H,2-6H2,1H3. The summed E-state index contributed by atoms with van der Waals surface area (Å²) in [7, 11) is 1.76. The van der Waals surface area contributed by atoms with Gasteiger partial charge >= 0.3 is 0 Å². The molecule has 1 unspecified atom stereocenters. The average Bonchev–Trinajstić information content (AvgIpc) is 1.89. The van der Waals surface area contributed by atoms with Crippen LogP contribution >= 0.6 is 0 Å². The van der Waals surface area contributed by atoms with Crippen molar-refractivity contribution in [2.24, 2.45) is 0 Å². The first-order valence-electron chi connectivity index (χ1n) is 3.68. The van der Waals surface area contributed by atoms with E-state index in [2.05, 4.69) is 5.32 Å². The van der Waals surface area contributed by atoms with Gasteiger partial charge in [-0.05, 0) is 19.9 Å². The van der Waals surface area contributed by atoms with Crippen LogP contribution in [0.25, 0.3) is 0 Å². The van der Waals surface area contributed by atoms with Gasteiger partial charge in [0, 0.05) is 13.2 Å². The molecule has 1 heterocycles. The van der Waals surface area contributed by atoms with Crippen LogP contribution in [0.3, 0.4) is 0 Å². The van der Waals surface area contributed by atoms with Crippen molar-refractivity contribution in [1.29, 1.82) is 0 Å². The molecule has 60 valence electrons. The quantitative estimate of drug-likeness (QED) is 0.621. The molecule has 0 aromatic carbocycles. The summed E-state index contributed by atoms with van der Waals surface area (Å²) in [5, 5.41) is 2.82. The lowest BCUT2D eigenvalue weighted by molar-refractivity contribution is -0.0292. The monoisotopic (exact) mass is 147 g/mol. The van der Waals surface area contributed by atoms with Crippen LogP contribution in [0.2, 0.25) is 0 Å². The summed E-state index contributed by atoms with van der Waals surface area (Å²) >= 11 is 0. The van der Waals surface area contributed by atoms with E-state index in [9.17, 15) is 4.39 Å². The number of hydrogen-bond acceptors (Lipinski definition) is 2. The molecule has 0 aromatic rings. The highest BCUT2D eigenvalue weighted by atomic mass is 19.1. The number of alkyl halides is 1. The van der Waals surface area contributed by atoms with Gasteiger partial charge in [0.1, 0.15) is 5.67 Å². The van der Waals surface area contributed by atoms with Crippen molar-refractivity contribution < 1.29 is 9.13 Å². The Hall–Kier alpha value is -0.150. The Morgan fingerprint density at radius 3 is 3.00 bits per heavy atom. The maximum Gasteiger partial charge on any atom is 0.146 e. The normalized spacial score (nSPS) is 34.2. The Morgan fingerprint density at radius 2 is 2.50 bits per heavy atom. The highest BCUT2D eigenvalue weighted by molar-refractivity contribution is 4.83. The molecule has 0 spiro atoms. The Bertz CT molecular complexity index is 96.3. The largest absolute Gasteiger partial charge is 0.378 e. The molecule has 1 N–H and O–H groups in total. The number of ether oxygens (including phenoxy) is 1. The van der Waals surface area contributed by atoms with E-state index in [4.69, 9.17) is 4.74 Å². The molecular weight excluding hydrogens is 133 g/mol. The molecule has 1 fully saturated rings. The third-order valence-corrected chi connectivity index (χ3v) is 1.77. The van der Waals surface area contributed by atoms with Crippen molar-refractivity contribution in [3.8, 4) is 0 Å². The molecule has 10 heavy (non-hydrogen) atoms. The van der Waals surface area contributed by atoms with Crippen LogP contribution in [-0.2, 0) is 4.74 Å². The van der Waals surface area contributed by atoms with Crippen LogP contribution in [0.5, 0.6) is 0 Å². The van der Waals surface area contributed by atoms with E-state index in [0.717, 1.165) is 13.0 Å². The molecule has 0 radical (unpaired) electrons. The predicted octanol–water partition coefficient (Wildman–Crippen LogP) is 0.724. The highest BCUT2D eigenvalue weighted by Gasteiger charge is 2.31. The lowest BCUT2D eigenvalue weighted by Crippen LogP contribution is -2.42. The average molecular weight is 147 g/mol. The van der Waals surface area contributed by atoms with E-state index in [1.807, 2.05) is 0 Å². The Labute approximate surface area is 60.8 Å². The zero-order valence-corrected chi connectivity index (χ0v) is 6.32. The van der Waals surface area contributed by atoms with Crippen LogP contribution in [0.4, 0.5) is 4.39 Å². The number of nitrogens with one attached hydrogen (secondary N) is 1. The summed E-state index contributed by atoms with van der Waals surface area (Å²) in [6.07, 6.45) is 1.48. The fraction of sp³-hybridized carbons (Fsp3) is 1.00. The lowest BCUT2D eigenvalue weighted by atomic mass is 9.99. The van der Waals surface area contributed by atoms with Crippen molar-refractivity contribution in [1.82, 2.24) is 5.32 Å². The summed E-state index contributed by atoms with van der Waals surface area (Å²) < 4.78 is 18.4. The second-order valence-electron chi connectivity index (χ2n) is 2.84. The van der Waals surface area contributed by atoms with Crippen molar-refractivity contribution in [2.45, 2.75) is 18.5 Å². The van der Waals surface area contributed by atoms with Gasteiger partial charge in [-0.15, -0.1) is 0 Å². The zero-order valence-electron chi connectivity index (χ0n) is 6.32. The molecule has 0 aromatic heterocycles. The lowest BCUT2D eigenvalue weighted by Gasteiger charge is -2.28. The van der Waals surface area contributed by atoms with Gasteiger partial charge in [0.25, 0.3) is 0 Å². The smallest absolute Gasteiger partial charge is 0.146 e. The van der Waals surface area contributed by atoms with Crippen molar-refractivity contribution >= 4 is 0 Å².